The number of nitrogens with two attached hydrogens (primary N) is 1. The summed E-state index contributed by atoms with van der Waals surface area (Å²) in [6.45, 7) is 0. The number of anilines is 2. The van der Waals surface area contributed by atoms with Crippen LogP contribution in [0.3, 0.4) is 0 Å². The van der Waals surface area contributed by atoms with Gasteiger partial charge in [-0.2, -0.15) is 0 Å². The van der Waals surface area contributed by atoms with Crippen molar-refractivity contribution in [1.82, 2.24) is 4.98 Å². The number of amides is 1. The van der Waals surface area contributed by atoms with Gasteiger partial charge in [-0.05, 0) is 35.4 Å². The van der Waals surface area contributed by atoms with Crippen LogP contribution in [0.25, 0.3) is 22.0 Å². The fraction of sp³-hybridized carbons (Fsp3) is 0.0435. The van der Waals surface area contributed by atoms with Gasteiger partial charge in [0.15, 0.2) is 0 Å². The Morgan fingerprint density at radius 2 is 1.79 bits per heavy atom. The van der Waals surface area contributed by atoms with E-state index in [1.165, 1.54) is 6.20 Å². The summed E-state index contributed by atoms with van der Waals surface area (Å²) in [4.78, 5) is 16.5. The second-order valence-electron chi connectivity index (χ2n) is 6.37. The van der Waals surface area contributed by atoms with Crippen molar-refractivity contribution < 1.29 is 9.53 Å². The molecule has 0 aliphatic heterocycles. The van der Waals surface area contributed by atoms with Crippen molar-refractivity contribution in [3.05, 3.63) is 84.6 Å². The van der Waals surface area contributed by atoms with Gasteiger partial charge >= 0.3 is 0 Å². The molecule has 0 aliphatic carbocycles. The zero-order valence-electron chi connectivity index (χ0n) is 15.3. The highest BCUT2D eigenvalue weighted by atomic mass is 16.5. The van der Waals surface area contributed by atoms with Crippen LogP contribution in [0.2, 0.25) is 0 Å². The normalized spacial score (nSPS) is 10.6. The third-order valence-electron chi connectivity index (χ3n) is 4.58. The molecule has 1 amide bonds. The first-order valence-electron chi connectivity index (χ1n) is 8.85. The van der Waals surface area contributed by atoms with Crippen LogP contribution >= 0.6 is 0 Å². The van der Waals surface area contributed by atoms with Gasteiger partial charge in [-0.15, -0.1) is 0 Å². The van der Waals surface area contributed by atoms with E-state index in [1.54, 1.807) is 7.11 Å². The van der Waals surface area contributed by atoms with E-state index in [0.29, 0.717) is 17.0 Å². The maximum Gasteiger partial charge on any atom is 0.252 e. The molecule has 0 saturated carbocycles. The molecule has 5 heteroatoms. The van der Waals surface area contributed by atoms with Gasteiger partial charge in [0.25, 0.3) is 5.91 Å². The van der Waals surface area contributed by atoms with Gasteiger partial charge in [0, 0.05) is 23.3 Å². The summed E-state index contributed by atoms with van der Waals surface area (Å²) in [5.74, 6) is 0.180. The quantitative estimate of drug-likeness (QED) is 0.532. The number of primary amides is 1. The Labute approximate surface area is 162 Å². The average Bonchev–Trinajstić information content (AvgIpc) is 2.74. The number of nitrogens with one attached hydrogen (secondary N) is 1. The second kappa shape index (κ2) is 7.40. The molecule has 1 heterocycles. The maximum absolute atomic E-state index is 12.1. The largest absolute Gasteiger partial charge is 0.497 e. The number of fused-ring (bicyclic) bond motifs is 1. The van der Waals surface area contributed by atoms with E-state index in [9.17, 15) is 4.79 Å². The number of nitrogens with zero attached hydrogens (tertiary/aromatic N) is 1. The van der Waals surface area contributed by atoms with Crippen molar-refractivity contribution in [2.24, 2.45) is 5.73 Å². The molecule has 1 aromatic heterocycles. The summed E-state index contributed by atoms with van der Waals surface area (Å²) in [7, 11) is 1.61. The van der Waals surface area contributed by atoms with Crippen LogP contribution in [-0.2, 0) is 0 Å². The first kappa shape index (κ1) is 17.5. The summed E-state index contributed by atoms with van der Waals surface area (Å²) < 4.78 is 5.29. The van der Waals surface area contributed by atoms with Crippen LogP contribution in [-0.4, -0.2) is 18.0 Å². The monoisotopic (exact) mass is 369 g/mol. The molecule has 0 atom stereocenters. The topological polar surface area (TPSA) is 77.2 Å². The van der Waals surface area contributed by atoms with E-state index >= 15 is 0 Å². The molecule has 5 nitrogen and oxygen atoms in total. The highest BCUT2D eigenvalue weighted by Crippen LogP contribution is 2.33. The Hall–Kier alpha value is -3.86. The highest BCUT2D eigenvalue weighted by Gasteiger charge is 2.15. The van der Waals surface area contributed by atoms with E-state index in [2.05, 4.69) is 10.3 Å². The Kier molecular flexibility index (Phi) is 4.64. The highest BCUT2D eigenvalue weighted by molar-refractivity contribution is 6.08. The summed E-state index contributed by atoms with van der Waals surface area (Å²) >= 11 is 0. The lowest BCUT2D eigenvalue weighted by Crippen LogP contribution is -2.14. The predicted octanol–water partition coefficient (Wildman–Crippen LogP) is 4.75. The molecule has 0 fully saturated rings. The van der Waals surface area contributed by atoms with Crippen molar-refractivity contribution in [2.75, 3.05) is 12.4 Å². The summed E-state index contributed by atoms with van der Waals surface area (Å²) in [6.07, 6.45) is 1.51. The smallest absolute Gasteiger partial charge is 0.252 e. The number of methoxy groups -OCH3 is 1. The molecule has 0 saturated heterocycles. The standard InChI is InChI=1S/C23H19N3O2/c1-28-18-9-5-8-17(13-18)26-22-19-12-16(15-6-3-2-4-7-15)10-11-21(19)25-14-20(22)23(24)27/h2-14H,1H3,(H2,24,27)(H,25,26). The summed E-state index contributed by atoms with van der Waals surface area (Å²) in [5.41, 5.74) is 10.3. The Balaban J connectivity index is 1.90. The number of aromatic nitrogens is 1. The molecule has 28 heavy (non-hydrogen) atoms. The van der Waals surface area contributed by atoms with Crippen molar-refractivity contribution >= 4 is 28.2 Å². The zero-order chi connectivity index (χ0) is 19.5. The average molecular weight is 369 g/mol. The van der Waals surface area contributed by atoms with E-state index in [1.807, 2.05) is 72.8 Å². The summed E-state index contributed by atoms with van der Waals surface area (Å²) in [6, 6.07) is 23.5. The minimum absolute atomic E-state index is 0.334. The molecular formula is C23H19N3O2. The van der Waals surface area contributed by atoms with E-state index in [-0.39, 0.29) is 0 Å². The zero-order valence-corrected chi connectivity index (χ0v) is 15.3. The van der Waals surface area contributed by atoms with Crippen LogP contribution in [0.15, 0.2) is 79.0 Å². The molecule has 0 radical (unpaired) electrons. The van der Waals surface area contributed by atoms with Crippen molar-refractivity contribution in [2.45, 2.75) is 0 Å². The molecule has 3 aromatic carbocycles. The minimum Gasteiger partial charge on any atom is -0.497 e. The molecule has 3 N–H and O–H groups in total. The molecule has 0 spiro atoms. The SMILES string of the molecule is COc1cccc(Nc2c(C(N)=O)cnc3ccc(-c4ccccc4)cc23)c1. The summed E-state index contributed by atoms with van der Waals surface area (Å²) in [5, 5.41) is 4.15. The molecule has 4 rings (SSSR count). The number of pyridine rings is 1. The predicted molar refractivity (Wildman–Crippen MR) is 112 cm³/mol. The molecule has 0 unspecified atom stereocenters. The first-order chi connectivity index (χ1) is 13.7. The lowest BCUT2D eigenvalue weighted by Gasteiger charge is -2.15. The fourth-order valence-electron chi connectivity index (χ4n) is 3.17. The number of ether oxygens (including phenoxy) is 1. The Bertz CT molecular complexity index is 1160. The van der Waals surface area contributed by atoms with Gasteiger partial charge in [0.05, 0.1) is 23.9 Å². The maximum atomic E-state index is 12.1. The van der Waals surface area contributed by atoms with Crippen LogP contribution in [0, 0.1) is 0 Å². The molecule has 4 aromatic rings. The van der Waals surface area contributed by atoms with Gasteiger partial charge < -0.3 is 15.8 Å². The van der Waals surface area contributed by atoms with Crippen LogP contribution in [0.1, 0.15) is 10.4 Å². The van der Waals surface area contributed by atoms with Crippen LogP contribution in [0.5, 0.6) is 5.75 Å². The van der Waals surface area contributed by atoms with Gasteiger partial charge in [-0.25, -0.2) is 0 Å². The lowest BCUT2D eigenvalue weighted by molar-refractivity contribution is 0.100. The Morgan fingerprint density at radius 1 is 0.964 bits per heavy atom. The molecular weight excluding hydrogens is 350 g/mol. The van der Waals surface area contributed by atoms with Gasteiger partial charge in [-0.1, -0.05) is 42.5 Å². The van der Waals surface area contributed by atoms with Crippen molar-refractivity contribution in [3.8, 4) is 16.9 Å². The van der Waals surface area contributed by atoms with Crippen LogP contribution < -0.4 is 15.8 Å². The number of rotatable bonds is 5. The van der Waals surface area contributed by atoms with E-state index < -0.39 is 5.91 Å². The van der Waals surface area contributed by atoms with Crippen molar-refractivity contribution in [3.63, 3.8) is 0 Å². The van der Waals surface area contributed by atoms with Gasteiger partial charge in [-0.3, -0.25) is 9.78 Å². The van der Waals surface area contributed by atoms with Crippen LogP contribution in [0.4, 0.5) is 11.4 Å². The lowest BCUT2D eigenvalue weighted by atomic mass is 10.0. The second-order valence-corrected chi connectivity index (χ2v) is 6.37. The van der Waals surface area contributed by atoms with E-state index in [0.717, 1.165) is 27.7 Å². The third kappa shape index (κ3) is 3.38. The molecule has 138 valence electrons. The number of carbonyl (C=O) groups is 1. The Morgan fingerprint density at radius 3 is 2.54 bits per heavy atom. The minimum atomic E-state index is -0.537. The van der Waals surface area contributed by atoms with Gasteiger partial charge in [0.2, 0.25) is 0 Å². The van der Waals surface area contributed by atoms with E-state index in [4.69, 9.17) is 10.5 Å². The molecule has 0 aliphatic rings. The first-order valence-corrected chi connectivity index (χ1v) is 8.85. The number of hydrogen-bond acceptors (Lipinski definition) is 4. The molecule has 0 bridgehead atoms. The number of hydrogen-bond donors (Lipinski definition) is 2. The third-order valence-corrected chi connectivity index (χ3v) is 4.58. The fourth-order valence-corrected chi connectivity index (χ4v) is 3.17. The number of carbonyl (C=O) groups excluding carboxylic acids is 1. The van der Waals surface area contributed by atoms with Gasteiger partial charge in [0.1, 0.15) is 5.75 Å². The number of benzene rings is 3. The van der Waals surface area contributed by atoms with Crippen molar-refractivity contribution in [1.29, 1.82) is 0 Å².